The molecule has 0 spiro atoms. The summed E-state index contributed by atoms with van der Waals surface area (Å²) in [6.45, 7) is 1.81. The van der Waals surface area contributed by atoms with E-state index in [4.69, 9.17) is 5.73 Å². The molecule has 78 valence electrons. The molecule has 3 heteroatoms. The van der Waals surface area contributed by atoms with Crippen molar-refractivity contribution in [3.05, 3.63) is 35.4 Å². The Balaban J connectivity index is 2.38. The summed E-state index contributed by atoms with van der Waals surface area (Å²) in [4.78, 5) is 23.0. The third kappa shape index (κ3) is 1.54. The molecule has 2 rings (SSSR count). The van der Waals surface area contributed by atoms with Crippen LogP contribution in [0.15, 0.2) is 24.3 Å². The Hall–Kier alpha value is -1.64. The van der Waals surface area contributed by atoms with Crippen LogP contribution in [0, 0.1) is 5.41 Å². The summed E-state index contributed by atoms with van der Waals surface area (Å²) >= 11 is 0. The van der Waals surface area contributed by atoms with Gasteiger partial charge in [0.2, 0.25) is 5.91 Å². The van der Waals surface area contributed by atoms with Crippen molar-refractivity contribution >= 4 is 11.7 Å². The zero-order valence-corrected chi connectivity index (χ0v) is 8.62. The molecule has 0 bridgehead atoms. The Morgan fingerprint density at radius 1 is 1.47 bits per heavy atom. The number of ketones is 1. The van der Waals surface area contributed by atoms with Gasteiger partial charge in [0.25, 0.3) is 0 Å². The minimum Gasteiger partial charge on any atom is -0.370 e. The van der Waals surface area contributed by atoms with Gasteiger partial charge in [-0.3, -0.25) is 9.59 Å². The molecule has 1 aliphatic carbocycles. The van der Waals surface area contributed by atoms with Crippen LogP contribution in [0.2, 0.25) is 0 Å². The lowest BCUT2D eigenvalue weighted by Gasteiger charge is -2.19. The Morgan fingerprint density at radius 3 is 2.73 bits per heavy atom. The number of Topliss-reactive ketones (excluding diaryl/α,β-unsaturated/α-hetero) is 1. The Kier molecular flexibility index (Phi) is 2.11. The quantitative estimate of drug-likeness (QED) is 0.787. The molecule has 15 heavy (non-hydrogen) atoms. The van der Waals surface area contributed by atoms with Crippen molar-refractivity contribution < 1.29 is 9.59 Å². The summed E-state index contributed by atoms with van der Waals surface area (Å²) in [7, 11) is 0. The summed E-state index contributed by atoms with van der Waals surface area (Å²) in [5, 5.41) is 0. The number of amides is 1. The van der Waals surface area contributed by atoms with Crippen LogP contribution in [0.3, 0.4) is 0 Å². The van der Waals surface area contributed by atoms with Gasteiger partial charge in [0, 0.05) is 17.4 Å². The van der Waals surface area contributed by atoms with Crippen molar-refractivity contribution in [2.75, 3.05) is 0 Å². The molecule has 0 aliphatic heterocycles. The fourth-order valence-electron chi connectivity index (χ4n) is 2.25. The molecule has 3 nitrogen and oxygen atoms in total. The highest BCUT2D eigenvalue weighted by atomic mass is 16.1. The number of hydrogen-bond donors (Lipinski definition) is 1. The second-order valence-corrected chi connectivity index (χ2v) is 4.37. The zero-order valence-electron chi connectivity index (χ0n) is 8.62. The molecule has 0 heterocycles. The minimum absolute atomic E-state index is 0.0388. The van der Waals surface area contributed by atoms with Gasteiger partial charge in [-0.2, -0.15) is 0 Å². The molecule has 1 aliphatic rings. The predicted octanol–water partition coefficient (Wildman–Crippen LogP) is 1.31. The first kappa shape index (κ1) is 9.90. The summed E-state index contributed by atoms with van der Waals surface area (Å²) in [5.41, 5.74) is 6.29. The van der Waals surface area contributed by atoms with E-state index in [0.29, 0.717) is 6.42 Å². The average Bonchev–Trinajstić information content (AvgIpc) is 2.39. The fraction of sp³-hybridized carbons (Fsp3) is 0.333. The Labute approximate surface area is 88.3 Å². The van der Waals surface area contributed by atoms with Crippen molar-refractivity contribution in [2.45, 2.75) is 19.8 Å². The van der Waals surface area contributed by atoms with Gasteiger partial charge < -0.3 is 5.73 Å². The van der Waals surface area contributed by atoms with E-state index < -0.39 is 11.3 Å². The fourth-order valence-corrected chi connectivity index (χ4v) is 2.25. The van der Waals surface area contributed by atoms with Gasteiger partial charge in [0.1, 0.15) is 0 Å². The van der Waals surface area contributed by atoms with Crippen LogP contribution >= 0.6 is 0 Å². The maximum absolute atomic E-state index is 12.0. The van der Waals surface area contributed by atoms with Crippen LogP contribution in [-0.4, -0.2) is 11.7 Å². The average molecular weight is 203 g/mol. The third-order valence-corrected chi connectivity index (χ3v) is 2.96. The first-order valence-corrected chi connectivity index (χ1v) is 4.94. The van der Waals surface area contributed by atoms with Gasteiger partial charge in [-0.25, -0.2) is 0 Å². The summed E-state index contributed by atoms with van der Waals surface area (Å²) in [6, 6.07) is 7.48. The van der Waals surface area contributed by atoms with E-state index in [9.17, 15) is 9.59 Å². The highest BCUT2D eigenvalue weighted by Gasteiger charge is 2.42. The highest BCUT2D eigenvalue weighted by molar-refractivity contribution is 6.06. The van der Waals surface area contributed by atoms with Gasteiger partial charge in [0.05, 0.1) is 0 Å². The SMILES string of the molecule is CC1(CC(N)=O)Cc2ccccc2C1=O. The molecule has 0 aromatic heterocycles. The van der Waals surface area contributed by atoms with Crippen molar-refractivity contribution in [1.82, 2.24) is 0 Å². The van der Waals surface area contributed by atoms with E-state index in [2.05, 4.69) is 0 Å². The van der Waals surface area contributed by atoms with Gasteiger partial charge in [0.15, 0.2) is 5.78 Å². The first-order chi connectivity index (χ1) is 7.03. The molecule has 0 saturated carbocycles. The largest absolute Gasteiger partial charge is 0.370 e. The van der Waals surface area contributed by atoms with Crippen molar-refractivity contribution in [2.24, 2.45) is 11.1 Å². The number of benzene rings is 1. The van der Waals surface area contributed by atoms with Crippen LogP contribution in [-0.2, 0) is 11.2 Å². The Morgan fingerprint density at radius 2 is 2.13 bits per heavy atom. The molecule has 1 aromatic rings. The maximum Gasteiger partial charge on any atom is 0.218 e. The molecule has 0 radical (unpaired) electrons. The first-order valence-electron chi connectivity index (χ1n) is 4.94. The van der Waals surface area contributed by atoms with Crippen molar-refractivity contribution in [3.8, 4) is 0 Å². The van der Waals surface area contributed by atoms with E-state index in [1.165, 1.54) is 0 Å². The number of primary amides is 1. The maximum atomic E-state index is 12.0. The Bertz CT molecular complexity index is 439. The number of fused-ring (bicyclic) bond motifs is 1. The molecule has 0 fully saturated rings. The van der Waals surface area contributed by atoms with Crippen molar-refractivity contribution in [1.29, 1.82) is 0 Å². The predicted molar refractivity (Wildman–Crippen MR) is 56.4 cm³/mol. The molecule has 1 amide bonds. The van der Waals surface area contributed by atoms with E-state index in [-0.39, 0.29) is 12.2 Å². The lowest BCUT2D eigenvalue weighted by molar-refractivity contribution is -0.119. The number of rotatable bonds is 2. The normalized spacial score (nSPS) is 23.9. The molecule has 1 atom stereocenters. The molecular formula is C12H13NO2. The van der Waals surface area contributed by atoms with Gasteiger partial charge in [-0.1, -0.05) is 31.2 Å². The summed E-state index contributed by atoms with van der Waals surface area (Å²) in [5.74, 6) is -0.379. The summed E-state index contributed by atoms with van der Waals surface area (Å²) < 4.78 is 0. The van der Waals surface area contributed by atoms with E-state index >= 15 is 0 Å². The molecular weight excluding hydrogens is 190 g/mol. The molecule has 2 N–H and O–H groups in total. The number of hydrogen-bond acceptors (Lipinski definition) is 2. The van der Waals surface area contributed by atoms with Crippen LogP contribution in [0.5, 0.6) is 0 Å². The molecule has 0 saturated heterocycles. The summed E-state index contributed by atoms with van der Waals surface area (Å²) in [6.07, 6.45) is 0.742. The number of nitrogens with two attached hydrogens (primary N) is 1. The van der Waals surface area contributed by atoms with E-state index in [0.717, 1.165) is 11.1 Å². The number of carbonyl (C=O) groups excluding carboxylic acids is 2. The van der Waals surface area contributed by atoms with E-state index in [1.54, 1.807) is 6.92 Å². The van der Waals surface area contributed by atoms with Gasteiger partial charge in [-0.05, 0) is 12.0 Å². The highest BCUT2D eigenvalue weighted by Crippen LogP contribution is 2.38. The van der Waals surface area contributed by atoms with E-state index in [1.807, 2.05) is 24.3 Å². The monoisotopic (exact) mass is 203 g/mol. The standard InChI is InChI=1S/C12H13NO2/c1-12(7-10(13)14)6-8-4-2-3-5-9(8)11(12)15/h2-5H,6-7H2,1H3,(H2,13,14). The van der Waals surface area contributed by atoms with Crippen LogP contribution < -0.4 is 5.73 Å². The molecule has 1 unspecified atom stereocenters. The third-order valence-electron chi connectivity index (χ3n) is 2.96. The van der Waals surface area contributed by atoms with Crippen LogP contribution in [0.1, 0.15) is 29.3 Å². The lowest BCUT2D eigenvalue weighted by atomic mass is 9.82. The van der Waals surface area contributed by atoms with Gasteiger partial charge >= 0.3 is 0 Å². The number of carbonyl (C=O) groups is 2. The van der Waals surface area contributed by atoms with Gasteiger partial charge in [-0.15, -0.1) is 0 Å². The van der Waals surface area contributed by atoms with Crippen LogP contribution in [0.25, 0.3) is 0 Å². The van der Waals surface area contributed by atoms with Crippen molar-refractivity contribution in [3.63, 3.8) is 0 Å². The zero-order chi connectivity index (χ0) is 11.1. The smallest absolute Gasteiger partial charge is 0.218 e. The second kappa shape index (κ2) is 3.19. The van der Waals surface area contributed by atoms with Crippen LogP contribution in [0.4, 0.5) is 0 Å². The topological polar surface area (TPSA) is 60.2 Å². The molecule has 1 aromatic carbocycles. The lowest BCUT2D eigenvalue weighted by Crippen LogP contribution is -2.30. The minimum atomic E-state index is -0.629. The second-order valence-electron chi connectivity index (χ2n) is 4.37.